The predicted molar refractivity (Wildman–Crippen MR) is 147 cm³/mol. The molecule has 1 saturated carbocycles. The number of unbranched alkanes of at least 4 members (excludes halogenated alkanes) is 5. The molecule has 0 spiro atoms. The van der Waals surface area contributed by atoms with E-state index in [-0.39, 0.29) is 0 Å². The lowest BCUT2D eigenvalue weighted by atomic mass is 9.75. The van der Waals surface area contributed by atoms with E-state index in [1.807, 2.05) is 18.6 Å². The zero-order valence-corrected chi connectivity index (χ0v) is 21.9. The number of aromatic nitrogens is 3. The van der Waals surface area contributed by atoms with Crippen molar-refractivity contribution in [2.24, 2.45) is 5.92 Å². The Morgan fingerprint density at radius 1 is 0.714 bits per heavy atom. The van der Waals surface area contributed by atoms with Crippen molar-refractivity contribution in [1.82, 2.24) is 15.0 Å². The maximum atomic E-state index is 4.86. The van der Waals surface area contributed by atoms with Crippen LogP contribution < -0.4 is 0 Å². The Hall–Kier alpha value is -2.55. The van der Waals surface area contributed by atoms with Crippen LogP contribution in [0.4, 0.5) is 0 Å². The van der Waals surface area contributed by atoms with Crippen molar-refractivity contribution in [3.8, 4) is 22.6 Å². The Balaban J connectivity index is 1.39. The first kappa shape index (κ1) is 25.5. The standard InChI is InChI=1S/C32H43N3/c1-3-5-7-9-13-26-22-34-32(35-23-26)28-20-21-31(33-24-28)30-15-11-10-14-29(30)27-18-16-25(17-19-27)12-8-6-4-2/h10-11,14-15,20-25,27H,3-9,12-13,16-19H2,1-2H3. The van der Waals surface area contributed by atoms with Crippen LogP contribution in [0.3, 0.4) is 0 Å². The molecule has 0 saturated heterocycles. The molecule has 0 bridgehead atoms. The molecule has 3 aromatic rings. The van der Waals surface area contributed by atoms with Gasteiger partial charge in [-0.2, -0.15) is 0 Å². The lowest BCUT2D eigenvalue weighted by Gasteiger charge is -2.30. The summed E-state index contributed by atoms with van der Waals surface area (Å²) in [7, 11) is 0. The number of hydrogen-bond acceptors (Lipinski definition) is 3. The SMILES string of the molecule is CCCCCCc1cnc(-c2ccc(-c3ccccc3C3CCC(CCCCC)CC3)nc2)nc1. The minimum absolute atomic E-state index is 0.656. The van der Waals surface area contributed by atoms with Crippen LogP contribution in [0.2, 0.25) is 0 Å². The van der Waals surface area contributed by atoms with E-state index in [0.29, 0.717) is 5.92 Å². The number of hydrogen-bond donors (Lipinski definition) is 0. The molecule has 1 aromatic carbocycles. The van der Waals surface area contributed by atoms with Crippen LogP contribution in [0.1, 0.15) is 108 Å². The van der Waals surface area contributed by atoms with Crippen LogP contribution >= 0.6 is 0 Å². The summed E-state index contributed by atoms with van der Waals surface area (Å²) in [5.74, 6) is 2.35. The second-order valence-corrected chi connectivity index (χ2v) is 10.5. The molecule has 1 aliphatic carbocycles. The van der Waals surface area contributed by atoms with E-state index in [1.54, 1.807) is 0 Å². The minimum atomic E-state index is 0.656. The molecule has 35 heavy (non-hydrogen) atoms. The van der Waals surface area contributed by atoms with Gasteiger partial charge in [0.05, 0.1) is 5.69 Å². The fourth-order valence-electron chi connectivity index (χ4n) is 5.61. The summed E-state index contributed by atoms with van der Waals surface area (Å²) in [6.07, 6.45) is 23.0. The molecule has 0 aliphatic heterocycles. The van der Waals surface area contributed by atoms with Gasteiger partial charge in [0.25, 0.3) is 0 Å². The largest absolute Gasteiger partial charge is 0.255 e. The summed E-state index contributed by atoms with van der Waals surface area (Å²) < 4.78 is 0. The molecule has 2 heterocycles. The smallest absolute Gasteiger partial charge is 0.160 e. The van der Waals surface area contributed by atoms with E-state index in [0.717, 1.165) is 29.4 Å². The van der Waals surface area contributed by atoms with Gasteiger partial charge >= 0.3 is 0 Å². The van der Waals surface area contributed by atoms with E-state index in [4.69, 9.17) is 4.98 Å². The second-order valence-electron chi connectivity index (χ2n) is 10.5. The fraction of sp³-hybridized carbons (Fsp3) is 0.531. The van der Waals surface area contributed by atoms with Crippen molar-refractivity contribution in [3.05, 3.63) is 66.1 Å². The van der Waals surface area contributed by atoms with E-state index in [2.05, 4.69) is 60.2 Å². The second kappa shape index (κ2) is 13.5. The molecule has 0 radical (unpaired) electrons. The van der Waals surface area contributed by atoms with Crippen LogP contribution in [0.15, 0.2) is 55.0 Å². The molecule has 0 unspecified atom stereocenters. The van der Waals surface area contributed by atoms with Crippen LogP contribution in [0.5, 0.6) is 0 Å². The van der Waals surface area contributed by atoms with E-state index >= 15 is 0 Å². The Morgan fingerprint density at radius 2 is 1.46 bits per heavy atom. The summed E-state index contributed by atoms with van der Waals surface area (Å²) in [6, 6.07) is 13.2. The molecule has 0 atom stereocenters. The first-order valence-corrected chi connectivity index (χ1v) is 14.1. The van der Waals surface area contributed by atoms with Gasteiger partial charge in [0.1, 0.15) is 0 Å². The maximum absolute atomic E-state index is 4.86. The molecule has 2 aromatic heterocycles. The van der Waals surface area contributed by atoms with Crippen LogP contribution in [0.25, 0.3) is 22.6 Å². The molecule has 3 nitrogen and oxygen atoms in total. The topological polar surface area (TPSA) is 38.7 Å². The summed E-state index contributed by atoms with van der Waals surface area (Å²) in [6.45, 7) is 4.55. The van der Waals surface area contributed by atoms with Gasteiger partial charge in [0.15, 0.2) is 5.82 Å². The van der Waals surface area contributed by atoms with Gasteiger partial charge in [0.2, 0.25) is 0 Å². The molecule has 0 N–H and O–H groups in total. The Morgan fingerprint density at radius 3 is 2.17 bits per heavy atom. The number of aryl methyl sites for hydroxylation is 1. The zero-order valence-electron chi connectivity index (χ0n) is 21.9. The highest BCUT2D eigenvalue weighted by atomic mass is 14.9. The van der Waals surface area contributed by atoms with Crippen LogP contribution in [0, 0.1) is 5.92 Å². The fourth-order valence-corrected chi connectivity index (χ4v) is 5.61. The van der Waals surface area contributed by atoms with E-state index < -0.39 is 0 Å². The van der Waals surface area contributed by atoms with E-state index in [9.17, 15) is 0 Å². The number of pyridine rings is 1. The highest BCUT2D eigenvalue weighted by Gasteiger charge is 2.24. The third kappa shape index (κ3) is 7.22. The first-order valence-electron chi connectivity index (χ1n) is 14.1. The lowest BCUT2D eigenvalue weighted by Crippen LogP contribution is -2.14. The molecule has 0 amide bonds. The Labute approximate surface area is 212 Å². The van der Waals surface area contributed by atoms with Gasteiger partial charge < -0.3 is 0 Å². The summed E-state index contributed by atoms with van der Waals surface area (Å²) in [4.78, 5) is 14.1. The molecule has 4 rings (SSSR count). The van der Waals surface area contributed by atoms with Gasteiger partial charge in [-0.05, 0) is 73.6 Å². The number of benzene rings is 1. The first-order chi connectivity index (χ1) is 17.3. The number of nitrogens with zero attached hydrogens (tertiary/aromatic N) is 3. The van der Waals surface area contributed by atoms with Gasteiger partial charge in [-0.15, -0.1) is 0 Å². The van der Waals surface area contributed by atoms with E-state index in [1.165, 1.54) is 93.7 Å². The van der Waals surface area contributed by atoms with Crippen LogP contribution in [-0.2, 0) is 6.42 Å². The van der Waals surface area contributed by atoms with Crippen LogP contribution in [-0.4, -0.2) is 15.0 Å². The van der Waals surface area contributed by atoms with Gasteiger partial charge in [-0.3, -0.25) is 4.98 Å². The van der Waals surface area contributed by atoms with Crippen molar-refractivity contribution < 1.29 is 0 Å². The molecular weight excluding hydrogens is 426 g/mol. The molecule has 1 fully saturated rings. The van der Waals surface area contributed by atoms with Crippen molar-refractivity contribution in [1.29, 1.82) is 0 Å². The summed E-state index contributed by atoms with van der Waals surface area (Å²) in [5, 5.41) is 0. The molecule has 186 valence electrons. The average Bonchev–Trinajstić information content (AvgIpc) is 2.92. The zero-order chi connectivity index (χ0) is 24.3. The quantitative estimate of drug-likeness (QED) is 0.248. The third-order valence-corrected chi connectivity index (χ3v) is 7.79. The normalized spacial score (nSPS) is 18.0. The van der Waals surface area contributed by atoms with Gasteiger partial charge in [0, 0.05) is 29.7 Å². The minimum Gasteiger partial charge on any atom is -0.255 e. The van der Waals surface area contributed by atoms with Crippen molar-refractivity contribution in [2.45, 2.75) is 103 Å². The molecular formula is C32H43N3. The highest BCUT2D eigenvalue weighted by Crippen LogP contribution is 2.41. The van der Waals surface area contributed by atoms with Gasteiger partial charge in [-0.1, -0.05) is 83.1 Å². The molecule has 1 aliphatic rings. The lowest BCUT2D eigenvalue weighted by molar-refractivity contribution is 0.303. The highest BCUT2D eigenvalue weighted by molar-refractivity contribution is 5.67. The Bertz CT molecular complexity index is 1000. The predicted octanol–water partition coefficient (Wildman–Crippen LogP) is 9.18. The van der Waals surface area contributed by atoms with Crippen molar-refractivity contribution in [2.75, 3.05) is 0 Å². The van der Waals surface area contributed by atoms with Crippen molar-refractivity contribution in [3.63, 3.8) is 0 Å². The molecule has 3 heteroatoms. The summed E-state index contributed by atoms with van der Waals surface area (Å²) in [5.41, 5.74) is 6.03. The van der Waals surface area contributed by atoms with Crippen molar-refractivity contribution >= 4 is 0 Å². The monoisotopic (exact) mass is 469 g/mol. The van der Waals surface area contributed by atoms with Gasteiger partial charge in [-0.25, -0.2) is 9.97 Å². The Kier molecular flexibility index (Phi) is 9.86. The third-order valence-electron chi connectivity index (χ3n) is 7.79. The summed E-state index contributed by atoms with van der Waals surface area (Å²) >= 11 is 0. The number of rotatable bonds is 12. The maximum Gasteiger partial charge on any atom is 0.160 e. The average molecular weight is 470 g/mol.